The summed E-state index contributed by atoms with van der Waals surface area (Å²) in [6, 6.07) is 0.747. The second-order valence-corrected chi connectivity index (χ2v) is 5.69. The Morgan fingerprint density at radius 2 is 2.22 bits per heavy atom. The molecule has 0 bridgehead atoms. The highest BCUT2D eigenvalue weighted by Gasteiger charge is 2.37. The summed E-state index contributed by atoms with van der Waals surface area (Å²) in [5, 5.41) is 3.13. The molecular formula is C13H22N2O3. The molecule has 3 rings (SSSR count). The fraction of sp³-hybridized carbons (Fsp3) is 0.923. The van der Waals surface area contributed by atoms with Gasteiger partial charge in [0.15, 0.2) is 0 Å². The number of amides is 1. The van der Waals surface area contributed by atoms with Crippen molar-refractivity contribution in [1.82, 2.24) is 10.2 Å². The summed E-state index contributed by atoms with van der Waals surface area (Å²) in [6.45, 7) is 5.57. The van der Waals surface area contributed by atoms with E-state index in [1.54, 1.807) is 0 Å². The predicted molar refractivity (Wildman–Crippen MR) is 66.3 cm³/mol. The van der Waals surface area contributed by atoms with Crippen molar-refractivity contribution in [3.05, 3.63) is 0 Å². The molecule has 18 heavy (non-hydrogen) atoms. The molecule has 0 aromatic heterocycles. The molecule has 102 valence electrons. The van der Waals surface area contributed by atoms with Gasteiger partial charge in [-0.2, -0.15) is 0 Å². The van der Waals surface area contributed by atoms with Crippen LogP contribution in [0.2, 0.25) is 0 Å². The van der Waals surface area contributed by atoms with Gasteiger partial charge in [-0.1, -0.05) is 0 Å². The molecule has 3 aliphatic rings. The van der Waals surface area contributed by atoms with Crippen molar-refractivity contribution in [3.63, 3.8) is 0 Å². The third-order valence-corrected chi connectivity index (χ3v) is 4.16. The van der Waals surface area contributed by atoms with E-state index in [2.05, 4.69) is 17.1 Å². The Hall–Kier alpha value is -0.650. The van der Waals surface area contributed by atoms with E-state index in [-0.39, 0.29) is 18.1 Å². The molecule has 3 aliphatic heterocycles. The van der Waals surface area contributed by atoms with Gasteiger partial charge in [0.2, 0.25) is 5.91 Å². The highest BCUT2D eigenvalue weighted by atomic mass is 16.5. The van der Waals surface area contributed by atoms with Crippen molar-refractivity contribution < 1.29 is 14.3 Å². The zero-order valence-corrected chi connectivity index (χ0v) is 10.9. The van der Waals surface area contributed by atoms with Crippen LogP contribution in [0, 0.1) is 0 Å². The van der Waals surface area contributed by atoms with Crippen molar-refractivity contribution in [2.75, 3.05) is 26.3 Å². The van der Waals surface area contributed by atoms with Gasteiger partial charge >= 0.3 is 0 Å². The number of hydrogen-bond donors (Lipinski definition) is 1. The number of nitrogens with one attached hydrogen (secondary N) is 1. The van der Waals surface area contributed by atoms with Crippen molar-refractivity contribution in [1.29, 1.82) is 0 Å². The minimum atomic E-state index is -0.210. The van der Waals surface area contributed by atoms with E-state index in [4.69, 9.17) is 9.47 Å². The van der Waals surface area contributed by atoms with E-state index < -0.39 is 0 Å². The monoisotopic (exact) mass is 254 g/mol. The molecule has 5 nitrogen and oxygen atoms in total. The van der Waals surface area contributed by atoms with Crippen molar-refractivity contribution in [2.24, 2.45) is 0 Å². The first-order valence-corrected chi connectivity index (χ1v) is 7.00. The molecule has 0 aromatic rings. The Morgan fingerprint density at radius 3 is 3.00 bits per heavy atom. The Kier molecular flexibility index (Phi) is 3.54. The van der Waals surface area contributed by atoms with Crippen LogP contribution in [-0.2, 0) is 14.3 Å². The lowest BCUT2D eigenvalue weighted by Crippen LogP contribution is -2.45. The molecule has 3 saturated heterocycles. The molecule has 0 aromatic carbocycles. The van der Waals surface area contributed by atoms with Gasteiger partial charge in [0.25, 0.3) is 0 Å². The number of hydrogen-bond acceptors (Lipinski definition) is 4. The molecule has 0 saturated carbocycles. The molecule has 0 unspecified atom stereocenters. The summed E-state index contributed by atoms with van der Waals surface area (Å²) in [5.74, 6) is 0.0753. The van der Waals surface area contributed by atoms with Gasteiger partial charge in [0.05, 0.1) is 12.7 Å². The molecule has 3 heterocycles. The van der Waals surface area contributed by atoms with Crippen molar-refractivity contribution in [2.45, 2.75) is 50.5 Å². The maximum Gasteiger partial charge on any atom is 0.249 e. The Morgan fingerprint density at radius 1 is 1.33 bits per heavy atom. The van der Waals surface area contributed by atoms with Crippen LogP contribution < -0.4 is 5.32 Å². The van der Waals surface area contributed by atoms with Gasteiger partial charge < -0.3 is 14.8 Å². The Labute approximate surface area is 108 Å². The maximum atomic E-state index is 12.0. The molecule has 0 radical (unpaired) electrons. The number of carbonyl (C=O) groups is 1. The van der Waals surface area contributed by atoms with Crippen LogP contribution in [0.4, 0.5) is 0 Å². The molecule has 4 atom stereocenters. The van der Waals surface area contributed by atoms with Crippen LogP contribution in [-0.4, -0.2) is 61.4 Å². The highest BCUT2D eigenvalue weighted by Crippen LogP contribution is 2.23. The normalized spacial score (nSPS) is 40.7. The summed E-state index contributed by atoms with van der Waals surface area (Å²) in [4.78, 5) is 14.4. The first-order valence-electron chi connectivity index (χ1n) is 7.00. The first-order chi connectivity index (χ1) is 8.72. The summed E-state index contributed by atoms with van der Waals surface area (Å²) < 4.78 is 11.1. The van der Waals surface area contributed by atoms with Gasteiger partial charge in [-0.3, -0.25) is 9.69 Å². The lowest BCUT2D eigenvalue weighted by atomic mass is 10.1. The summed E-state index contributed by atoms with van der Waals surface area (Å²) >= 11 is 0. The largest absolute Gasteiger partial charge is 0.376 e. The third-order valence-electron chi connectivity index (χ3n) is 4.16. The van der Waals surface area contributed by atoms with Crippen LogP contribution in [0.5, 0.6) is 0 Å². The molecule has 0 spiro atoms. The molecule has 0 aliphatic carbocycles. The summed E-state index contributed by atoms with van der Waals surface area (Å²) in [5.41, 5.74) is 0. The van der Waals surface area contributed by atoms with Crippen LogP contribution in [0.15, 0.2) is 0 Å². The van der Waals surface area contributed by atoms with Crippen LogP contribution in [0.25, 0.3) is 0 Å². The van der Waals surface area contributed by atoms with E-state index in [0.29, 0.717) is 12.1 Å². The lowest BCUT2D eigenvalue weighted by molar-refractivity contribution is -0.130. The number of morpholine rings is 1. The van der Waals surface area contributed by atoms with Gasteiger partial charge in [-0.25, -0.2) is 0 Å². The Bertz CT molecular complexity index is 317. The van der Waals surface area contributed by atoms with Gasteiger partial charge in [-0.15, -0.1) is 0 Å². The number of nitrogens with zero attached hydrogens (tertiary/aromatic N) is 1. The van der Waals surface area contributed by atoms with Crippen LogP contribution >= 0.6 is 0 Å². The summed E-state index contributed by atoms with van der Waals surface area (Å²) in [6.07, 6.45) is 2.98. The zero-order chi connectivity index (χ0) is 12.5. The van der Waals surface area contributed by atoms with Gasteiger partial charge in [-0.05, 0) is 26.2 Å². The molecule has 3 fully saturated rings. The van der Waals surface area contributed by atoms with E-state index in [9.17, 15) is 4.79 Å². The second-order valence-electron chi connectivity index (χ2n) is 5.69. The van der Waals surface area contributed by atoms with E-state index in [0.717, 1.165) is 45.6 Å². The number of carbonyl (C=O) groups excluding carboxylic acids is 1. The first kappa shape index (κ1) is 12.4. The quantitative estimate of drug-likeness (QED) is 0.762. The number of ether oxygens (including phenoxy) is 2. The van der Waals surface area contributed by atoms with Crippen molar-refractivity contribution in [3.8, 4) is 0 Å². The SMILES string of the molecule is C[C@@H]1CN2C[C@@H](NC(=O)[C@H]3CCCO3)C[C@H]2CO1. The minimum absolute atomic E-state index is 0.0753. The highest BCUT2D eigenvalue weighted by molar-refractivity contribution is 5.81. The van der Waals surface area contributed by atoms with E-state index >= 15 is 0 Å². The molecule has 5 heteroatoms. The summed E-state index contributed by atoms with van der Waals surface area (Å²) in [7, 11) is 0. The predicted octanol–water partition coefficient (Wildman–Crippen LogP) is 0.143. The second kappa shape index (κ2) is 5.15. The van der Waals surface area contributed by atoms with E-state index in [1.165, 1.54) is 0 Å². The average Bonchev–Trinajstić information content (AvgIpc) is 2.95. The average molecular weight is 254 g/mol. The smallest absolute Gasteiger partial charge is 0.249 e. The Balaban J connectivity index is 1.51. The third kappa shape index (κ3) is 2.53. The van der Waals surface area contributed by atoms with Crippen molar-refractivity contribution >= 4 is 5.91 Å². The molecule has 1 amide bonds. The number of fused-ring (bicyclic) bond motifs is 1. The van der Waals surface area contributed by atoms with Gasteiger partial charge in [0.1, 0.15) is 6.10 Å². The number of rotatable bonds is 2. The van der Waals surface area contributed by atoms with E-state index in [1.807, 2.05) is 0 Å². The minimum Gasteiger partial charge on any atom is -0.376 e. The van der Waals surface area contributed by atoms with Gasteiger partial charge in [0, 0.05) is 31.8 Å². The van der Waals surface area contributed by atoms with Crippen LogP contribution in [0.1, 0.15) is 26.2 Å². The fourth-order valence-electron chi connectivity index (χ4n) is 3.22. The molecular weight excluding hydrogens is 232 g/mol. The topological polar surface area (TPSA) is 50.8 Å². The maximum absolute atomic E-state index is 12.0. The van der Waals surface area contributed by atoms with Crippen LogP contribution in [0.3, 0.4) is 0 Å². The standard InChI is InChI=1S/C13H22N2O3/c1-9-6-15-7-10(5-11(15)8-18-9)14-13(16)12-3-2-4-17-12/h9-12H,2-8H2,1H3,(H,14,16)/t9-,10+,11+,12-/m1/s1. The molecule has 1 N–H and O–H groups in total. The zero-order valence-electron chi connectivity index (χ0n) is 10.9. The lowest BCUT2D eigenvalue weighted by Gasteiger charge is -2.33. The fourth-order valence-corrected chi connectivity index (χ4v) is 3.22.